The van der Waals surface area contributed by atoms with Crippen LogP contribution in [0.5, 0.6) is 28.7 Å². The predicted molar refractivity (Wildman–Crippen MR) is 165 cm³/mol. The van der Waals surface area contributed by atoms with E-state index in [0.29, 0.717) is 11.5 Å². The molecule has 0 saturated carbocycles. The van der Waals surface area contributed by atoms with E-state index < -0.39 is 27.6 Å². The Morgan fingerprint density at radius 2 is 1.23 bits per heavy atom. The lowest BCUT2D eigenvalue weighted by molar-refractivity contribution is 0.128. The smallest absolute Gasteiger partial charge is 0.315 e. The maximum absolute atomic E-state index is 13.6. The highest BCUT2D eigenvalue weighted by Gasteiger charge is 2.53. The van der Waals surface area contributed by atoms with Crippen LogP contribution in [0.2, 0.25) is 0 Å². The number of ether oxygens (including phenoxy) is 3. The minimum absolute atomic E-state index is 0.105. The van der Waals surface area contributed by atoms with Crippen LogP contribution in [0.25, 0.3) is 23.3 Å². The SMILES string of the molecule is COc1cc(/C=C/c2ccc(OS(=O)(=O)C3CC4OC3C(c3ccc(O)cc3)=C4c3ccc(O)cc3)cc2)cc(OC)c1. The number of phenols is 2. The number of hydrogen-bond donors (Lipinski definition) is 2. The third kappa shape index (κ3) is 5.82. The Morgan fingerprint density at radius 1 is 0.698 bits per heavy atom. The molecule has 2 bridgehead atoms. The van der Waals surface area contributed by atoms with Crippen LogP contribution < -0.4 is 13.7 Å². The second-order valence-electron chi connectivity index (χ2n) is 10.4. The lowest BCUT2D eigenvalue weighted by Crippen LogP contribution is -2.35. The fourth-order valence-corrected chi connectivity index (χ4v) is 7.00. The highest BCUT2D eigenvalue weighted by molar-refractivity contribution is 7.87. The summed E-state index contributed by atoms with van der Waals surface area (Å²) in [6.07, 6.45) is 2.81. The summed E-state index contributed by atoms with van der Waals surface area (Å²) in [4.78, 5) is 0. The summed E-state index contributed by atoms with van der Waals surface area (Å²) in [6, 6.07) is 25.7. The number of aromatic hydroxyl groups is 2. The summed E-state index contributed by atoms with van der Waals surface area (Å²) < 4.78 is 49.7. The van der Waals surface area contributed by atoms with Crippen LogP contribution in [0, 0.1) is 0 Å². The lowest BCUT2D eigenvalue weighted by Gasteiger charge is -2.24. The van der Waals surface area contributed by atoms with Gasteiger partial charge in [-0.15, -0.1) is 0 Å². The second-order valence-corrected chi connectivity index (χ2v) is 12.1. The Kier molecular flexibility index (Phi) is 7.60. The van der Waals surface area contributed by atoms with Gasteiger partial charge in [0.25, 0.3) is 0 Å². The van der Waals surface area contributed by atoms with Crippen LogP contribution >= 0.6 is 0 Å². The standard InChI is InChI=1S/C34H30O8S/c1-39-28-17-22(18-29(19-28)40-2)4-3-21-5-15-27(16-6-21)42-43(37,38)31-20-30-32(23-7-11-25(35)12-8-23)33(34(31)41-30)24-9-13-26(36)14-10-24/h3-19,30-31,34-36H,20H2,1-2H3/b4-3+. The molecule has 6 rings (SSSR count). The van der Waals surface area contributed by atoms with Crippen molar-refractivity contribution in [2.24, 2.45) is 0 Å². The summed E-state index contributed by atoms with van der Waals surface area (Å²) in [6.45, 7) is 0. The average Bonchev–Trinajstić information content (AvgIpc) is 3.61. The molecule has 9 heteroatoms. The molecule has 0 radical (unpaired) electrons. The van der Waals surface area contributed by atoms with E-state index in [0.717, 1.165) is 33.4 Å². The zero-order chi connectivity index (χ0) is 30.1. The van der Waals surface area contributed by atoms with Crippen molar-refractivity contribution in [2.45, 2.75) is 23.9 Å². The van der Waals surface area contributed by atoms with Gasteiger partial charge in [0.05, 0.1) is 20.3 Å². The predicted octanol–water partition coefficient (Wildman–Crippen LogP) is 6.14. The van der Waals surface area contributed by atoms with E-state index in [1.807, 2.05) is 24.3 Å². The molecular formula is C34H30O8S. The van der Waals surface area contributed by atoms with Crippen molar-refractivity contribution in [1.82, 2.24) is 0 Å². The molecule has 0 aliphatic carbocycles. The van der Waals surface area contributed by atoms with Gasteiger partial charge in [0, 0.05) is 12.5 Å². The molecule has 43 heavy (non-hydrogen) atoms. The molecule has 3 unspecified atom stereocenters. The molecule has 2 aliphatic rings. The molecule has 8 nitrogen and oxygen atoms in total. The summed E-state index contributed by atoms with van der Waals surface area (Å²) in [5.41, 5.74) is 4.92. The van der Waals surface area contributed by atoms with Gasteiger partial charge in [-0.05, 0) is 81.9 Å². The second kappa shape index (κ2) is 11.5. The van der Waals surface area contributed by atoms with Gasteiger partial charge in [-0.25, -0.2) is 0 Å². The molecule has 3 atom stereocenters. The zero-order valence-corrected chi connectivity index (χ0v) is 24.3. The first kappa shape index (κ1) is 28.4. The Hall–Kier alpha value is -4.73. The third-order valence-corrected chi connectivity index (χ3v) is 9.26. The molecule has 4 aromatic carbocycles. The van der Waals surface area contributed by atoms with Gasteiger partial charge in [0.1, 0.15) is 40.1 Å². The van der Waals surface area contributed by atoms with Crippen molar-refractivity contribution in [3.05, 3.63) is 113 Å². The van der Waals surface area contributed by atoms with E-state index in [2.05, 4.69) is 0 Å². The van der Waals surface area contributed by atoms with E-state index >= 15 is 0 Å². The number of hydrogen-bond acceptors (Lipinski definition) is 8. The molecule has 2 aliphatic heterocycles. The van der Waals surface area contributed by atoms with Crippen LogP contribution in [-0.2, 0) is 14.9 Å². The maximum Gasteiger partial charge on any atom is 0.315 e. The highest BCUT2D eigenvalue weighted by atomic mass is 32.2. The number of methoxy groups -OCH3 is 2. The van der Waals surface area contributed by atoms with E-state index in [1.165, 1.54) is 0 Å². The number of rotatable bonds is 9. The molecule has 4 aromatic rings. The molecule has 0 aromatic heterocycles. The van der Waals surface area contributed by atoms with Crippen molar-refractivity contribution in [3.63, 3.8) is 0 Å². The summed E-state index contributed by atoms with van der Waals surface area (Å²) in [5.74, 6) is 1.80. The third-order valence-electron chi connectivity index (χ3n) is 7.65. The zero-order valence-electron chi connectivity index (χ0n) is 23.5. The van der Waals surface area contributed by atoms with Gasteiger partial charge in [-0.1, -0.05) is 48.6 Å². The van der Waals surface area contributed by atoms with Gasteiger partial charge in [-0.2, -0.15) is 8.42 Å². The summed E-state index contributed by atoms with van der Waals surface area (Å²) in [5, 5.41) is 18.7. The first-order valence-corrected chi connectivity index (χ1v) is 15.1. The van der Waals surface area contributed by atoms with E-state index in [9.17, 15) is 18.6 Å². The van der Waals surface area contributed by atoms with Crippen LogP contribution in [0.3, 0.4) is 0 Å². The molecule has 1 fully saturated rings. The van der Waals surface area contributed by atoms with Gasteiger partial charge in [0.15, 0.2) is 0 Å². The number of benzene rings is 4. The van der Waals surface area contributed by atoms with Crippen molar-refractivity contribution < 1.29 is 37.0 Å². The maximum atomic E-state index is 13.6. The van der Waals surface area contributed by atoms with Crippen molar-refractivity contribution in [1.29, 1.82) is 0 Å². The summed E-state index contributed by atoms with van der Waals surface area (Å²) in [7, 11) is -0.895. The molecule has 0 spiro atoms. The van der Waals surface area contributed by atoms with Crippen LogP contribution in [0.15, 0.2) is 91.0 Å². The van der Waals surface area contributed by atoms with Gasteiger partial charge < -0.3 is 28.6 Å². The largest absolute Gasteiger partial charge is 0.508 e. The minimum Gasteiger partial charge on any atom is -0.508 e. The first-order valence-electron chi connectivity index (χ1n) is 13.7. The van der Waals surface area contributed by atoms with E-state index in [1.54, 1.807) is 93.1 Å². The molecular weight excluding hydrogens is 568 g/mol. The van der Waals surface area contributed by atoms with Crippen LogP contribution in [-0.4, -0.2) is 50.3 Å². The van der Waals surface area contributed by atoms with Crippen molar-refractivity contribution in [3.8, 4) is 28.7 Å². The molecule has 0 amide bonds. The van der Waals surface area contributed by atoms with E-state index in [4.69, 9.17) is 18.4 Å². The Balaban J connectivity index is 1.23. The van der Waals surface area contributed by atoms with Gasteiger partial charge >= 0.3 is 10.1 Å². The Morgan fingerprint density at radius 3 is 1.79 bits per heavy atom. The van der Waals surface area contributed by atoms with Crippen LogP contribution in [0.1, 0.15) is 28.7 Å². The van der Waals surface area contributed by atoms with E-state index in [-0.39, 0.29) is 23.7 Å². The first-order chi connectivity index (χ1) is 20.7. The molecule has 2 heterocycles. The molecule has 2 N–H and O–H groups in total. The monoisotopic (exact) mass is 598 g/mol. The fourth-order valence-electron chi connectivity index (χ4n) is 5.58. The summed E-state index contributed by atoms with van der Waals surface area (Å²) >= 11 is 0. The lowest BCUT2D eigenvalue weighted by atomic mass is 9.83. The fraction of sp³-hybridized carbons (Fsp3) is 0.176. The number of fused-ring (bicyclic) bond motifs is 2. The van der Waals surface area contributed by atoms with Crippen LogP contribution in [0.4, 0.5) is 0 Å². The Bertz CT molecular complexity index is 1770. The highest BCUT2D eigenvalue weighted by Crippen LogP contribution is 2.51. The quantitative estimate of drug-likeness (QED) is 0.175. The van der Waals surface area contributed by atoms with Gasteiger partial charge in [0.2, 0.25) is 0 Å². The average molecular weight is 599 g/mol. The molecule has 1 saturated heterocycles. The molecule has 220 valence electrons. The minimum atomic E-state index is -4.08. The van der Waals surface area contributed by atoms with Gasteiger partial charge in [-0.3, -0.25) is 0 Å². The normalized spacial score (nSPS) is 19.6. The Labute approximate surface area is 250 Å². The van der Waals surface area contributed by atoms with Crippen molar-refractivity contribution in [2.75, 3.05) is 14.2 Å². The number of phenolic OH excluding ortho intramolecular Hbond substituents is 2. The van der Waals surface area contributed by atoms with Crippen molar-refractivity contribution >= 4 is 33.4 Å². The topological polar surface area (TPSA) is 112 Å².